The van der Waals surface area contributed by atoms with E-state index in [1.54, 1.807) is 18.2 Å². The van der Waals surface area contributed by atoms with E-state index in [2.05, 4.69) is 10.2 Å². The van der Waals surface area contributed by atoms with Gasteiger partial charge in [0.25, 0.3) is 11.8 Å². The molecule has 0 saturated carbocycles. The Balaban J connectivity index is 1.68. The molecule has 0 radical (unpaired) electrons. The van der Waals surface area contributed by atoms with Crippen molar-refractivity contribution in [3.8, 4) is 0 Å². The van der Waals surface area contributed by atoms with E-state index in [4.69, 9.17) is 4.42 Å². The topological polar surface area (TPSA) is 82.9 Å². The molecule has 2 saturated heterocycles. The lowest BCUT2D eigenvalue weighted by molar-refractivity contribution is -0.122. The van der Waals surface area contributed by atoms with Crippen molar-refractivity contribution >= 4 is 35.5 Å². The summed E-state index contributed by atoms with van der Waals surface area (Å²) >= 11 is 0. The molecule has 0 bridgehead atoms. The standard InChI is InChI=1S/C21H21N3O4/c1-13-6-5-7-17(14(13)2)24-20(26)16(19(25)22-21(24)27)12-15-8-9-18(28-15)23-10-3-4-11-23/h5-9,12H,3-4,10-11H2,1-2H3,(H,22,25,27)/b16-12-. The number of anilines is 2. The van der Waals surface area contributed by atoms with E-state index in [0.717, 1.165) is 47.8 Å². The molecule has 7 heteroatoms. The molecule has 3 heterocycles. The van der Waals surface area contributed by atoms with Crippen LogP contribution in [0.4, 0.5) is 16.4 Å². The van der Waals surface area contributed by atoms with Gasteiger partial charge < -0.3 is 9.32 Å². The van der Waals surface area contributed by atoms with Crippen molar-refractivity contribution in [2.45, 2.75) is 26.7 Å². The van der Waals surface area contributed by atoms with Crippen LogP contribution >= 0.6 is 0 Å². The maximum atomic E-state index is 13.0. The van der Waals surface area contributed by atoms with Crippen LogP contribution < -0.4 is 15.1 Å². The fourth-order valence-corrected chi connectivity index (χ4v) is 3.52. The summed E-state index contributed by atoms with van der Waals surface area (Å²) < 4.78 is 5.79. The molecule has 28 heavy (non-hydrogen) atoms. The Morgan fingerprint density at radius 3 is 2.54 bits per heavy atom. The second kappa shape index (κ2) is 6.99. The quantitative estimate of drug-likeness (QED) is 0.654. The van der Waals surface area contributed by atoms with E-state index in [9.17, 15) is 14.4 Å². The minimum atomic E-state index is -0.752. The van der Waals surface area contributed by atoms with Crippen LogP contribution in [0.3, 0.4) is 0 Å². The molecule has 144 valence electrons. The van der Waals surface area contributed by atoms with Crippen LogP contribution in [0, 0.1) is 13.8 Å². The van der Waals surface area contributed by atoms with E-state index < -0.39 is 17.8 Å². The Morgan fingerprint density at radius 2 is 1.79 bits per heavy atom. The number of benzene rings is 1. The van der Waals surface area contributed by atoms with Gasteiger partial charge in [-0.15, -0.1) is 0 Å². The number of amides is 4. The third kappa shape index (κ3) is 3.09. The molecule has 4 rings (SSSR count). The summed E-state index contributed by atoms with van der Waals surface area (Å²) in [6.45, 7) is 5.59. The van der Waals surface area contributed by atoms with Crippen LogP contribution in [0.25, 0.3) is 6.08 Å². The molecule has 2 aliphatic heterocycles. The Hall–Kier alpha value is -3.35. The number of hydrogen-bond acceptors (Lipinski definition) is 5. The molecule has 2 aliphatic rings. The molecule has 1 aromatic carbocycles. The Labute approximate surface area is 162 Å². The first kappa shape index (κ1) is 18.0. The van der Waals surface area contributed by atoms with Crippen LogP contribution in [0.1, 0.15) is 29.7 Å². The molecule has 7 nitrogen and oxygen atoms in total. The molecule has 1 aromatic heterocycles. The zero-order valence-electron chi connectivity index (χ0n) is 15.8. The Kier molecular flexibility index (Phi) is 4.50. The number of imide groups is 2. The number of urea groups is 1. The van der Waals surface area contributed by atoms with Gasteiger partial charge in [0.2, 0.25) is 0 Å². The molecular formula is C21H21N3O4. The molecule has 2 aromatic rings. The number of carbonyl (C=O) groups excluding carboxylic acids is 3. The van der Waals surface area contributed by atoms with Gasteiger partial charge in [0.1, 0.15) is 11.3 Å². The van der Waals surface area contributed by atoms with Crippen LogP contribution in [-0.2, 0) is 9.59 Å². The molecule has 0 aliphatic carbocycles. The number of nitrogens with one attached hydrogen (secondary N) is 1. The number of furan rings is 1. The molecule has 2 fully saturated rings. The summed E-state index contributed by atoms with van der Waals surface area (Å²) in [5.74, 6) is -0.275. The number of rotatable bonds is 3. The summed E-state index contributed by atoms with van der Waals surface area (Å²) in [6.07, 6.45) is 3.62. The molecule has 1 N–H and O–H groups in total. The number of aryl methyl sites for hydroxylation is 1. The van der Waals surface area contributed by atoms with E-state index in [1.165, 1.54) is 6.08 Å². The van der Waals surface area contributed by atoms with Gasteiger partial charge in [-0.2, -0.15) is 0 Å². The fraction of sp³-hybridized carbons (Fsp3) is 0.286. The van der Waals surface area contributed by atoms with Crippen molar-refractivity contribution in [2.24, 2.45) is 0 Å². The van der Waals surface area contributed by atoms with Crippen molar-refractivity contribution in [3.05, 3.63) is 52.8 Å². The molecule has 0 atom stereocenters. The monoisotopic (exact) mass is 379 g/mol. The zero-order chi connectivity index (χ0) is 19.8. The number of barbiturate groups is 1. The van der Waals surface area contributed by atoms with Crippen molar-refractivity contribution in [1.29, 1.82) is 0 Å². The van der Waals surface area contributed by atoms with Gasteiger partial charge in [-0.05, 0) is 56.0 Å². The summed E-state index contributed by atoms with van der Waals surface area (Å²) in [5, 5.41) is 2.24. The van der Waals surface area contributed by atoms with Gasteiger partial charge in [0, 0.05) is 19.2 Å². The van der Waals surface area contributed by atoms with E-state index >= 15 is 0 Å². The highest BCUT2D eigenvalue weighted by atomic mass is 16.4. The highest BCUT2D eigenvalue weighted by Crippen LogP contribution is 2.28. The van der Waals surface area contributed by atoms with Crippen LogP contribution in [0.2, 0.25) is 0 Å². The molecule has 0 spiro atoms. The van der Waals surface area contributed by atoms with Crippen LogP contribution in [-0.4, -0.2) is 30.9 Å². The average Bonchev–Trinajstić information content (AvgIpc) is 3.33. The first-order chi connectivity index (χ1) is 13.5. The van der Waals surface area contributed by atoms with Gasteiger partial charge in [-0.25, -0.2) is 9.69 Å². The lowest BCUT2D eigenvalue weighted by Crippen LogP contribution is -2.54. The lowest BCUT2D eigenvalue weighted by atomic mass is 10.0. The van der Waals surface area contributed by atoms with Crippen molar-refractivity contribution in [3.63, 3.8) is 0 Å². The third-order valence-electron chi connectivity index (χ3n) is 5.24. The SMILES string of the molecule is Cc1cccc(N2C(=O)NC(=O)/C(=C/c3ccc(N4CCCC4)o3)C2=O)c1C. The Bertz CT molecular complexity index is 999. The van der Waals surface area contributed by atoms with Gasteiger partial charge in [0.05, 0.1) is 5.69 Å². The minimum absolute atomic E-state index is 0.136. The van der Waals surface area contributed by atoms with Crippen molar-refractivity contribution < 1.29 is 18.8 Å². The Morgan fingerprint density at radius 1 is 1.04 bits per heavy atom. The molecule has 4 amide bonds. The summed E-state index contributed by atoms with van der Waals surface area (Å²) in [7, 11) is 0. The summed E-state index contributed by atoms with van der Waals surface area (Å²) in [5.41, 5.74) is 2.07. The van der Waals surface area contributed by atoms with Crippen molar-refractivity contribution in [2.75, 3.05) is 22.9 Å². The molecule has 0 unspecified atom stereocenters. The number of nitrogens with zero attached hydrogens (tertiary/aromatic N) is 2. The van der Waals surface area contributed by atoms with E-state index in [-0.39, 0.29) is 5.57 Å². The van der Waals surface area contributed by atoms with Crippen LogP contribution in [0.5, 0.6) is 0 Å². The maximum absolute atomic E-state index is 13.0. The summed E-state index contributed by atoms with van der Waals surface area (Å²) in [4.78, 5) is 40.8. The predicted octanol–water partition coefficient (Wildman–Crippen LogP) is 3.16. The minimum Gasteiger partial charge on any atom is -0.441 e. The highest BCUT2D eigenvalue weighted by molar-refractivity contribution is 6.39. The summed E-state index contributed by atoms with van der Waals surface area (Å²) in [6, 6.07) is 8.16. The first-order valence-electron chi connectivity index (χ1n) is 9.28. The van der Waals surface area contributed by atoms with Crippen molar-refractivity contribution in [1.82, 2.24) is 5.32 Å². The predicted molar refractivity (Wildman–Crippen MR) is 105 cm³/mol. The normalized spacial score (nSPS) is 18.9. The zero-order valence-corrected chi connectivity index (χ0v) is 15.8. The maximum Gasteiger partial charge on any atom is 0.335 e. The highest BCUT2D eigenvalue weighted by Gasteiger charge is 2.37. The largest absolute Gasteiger partial charge is 0.441 e. The average molecular weight is 379 g/mol. The fourth-order valence-electron chi connectivity index (χ4n) is 3.52. The second-order valence-corrected chi connectivity index (χ2v) is 7.05. The third-order valence-corrected chi connectivity index (χ3v) is 5.24. The smallest absolute Gasteiger partial charge is 0.335 e. The van der Waals surface area contributed by atoms with Crippen LogP contribution in [0.15, 0.2) is 40.3 Å². The van der Waals surface area contributed by atoms with Gasteiger partial charge >= 0.3 is 6.03 Å². The lowest BCUT2D eigenvalue weighted by Gasteiger charge is -2.27. The number of hydrogen-bond donors (Lipinski definition) is 1. The first-order valence-corrected chi connectivity index (χ1v) is 9.28. The number of carbonyl (C=O) groups is 3. The van der Waals surface area contributed by atoms with Gasteiger partial charge in [0.15, 0.2) is 5.88 Å². The van der Waals surface area contributed by atoms with E-state index in [1.807, 2.05) is 26.0 Å². The second-order valence-electron chi connectivity index (χ2n) is 7.05. The molecular weight excluding hydrogens is 358 g/mol. The van der Waals surface area contributed by atoms with Gasteiger partial charge in [-0.1, -0.05) is 12.1 Å². The van der Waals surface area contributed by atoms with E-state index in [0.29, 0.717) is 11.4 Å². The van der Waals surface area contributed by atoms with Gasteiger partial charge in [-0.3, -0.25) is 14.9 Å².